The van der Waals surface area contributed by atoms with Crippen molar-refractivity contribution in [3.8, 4) is 0 Å². The van der Waals surface area contributed by atoms with Gasteiger partial charge in [0, 0.05) is 18.6 Å². The molecule has 11 nitrogen and oxygen atoms in total. The fourth-order valence-electron chi connectivity index (χ4n) is 3.01. The van der Waals surface area contributed by atoms with E-state index in [1.165, 1.54) is 13.3 Å². The number of anilines is 1. The summed E-state index contributed by atoms with van der Waals surface area (Å²) in [5.41, 5.74) is 6.18. The molecule has 2 rings (SSSR count). The number of aliphatic imine (C=N–C) groups is 1. The maximum absolute atomic E-state index is 14.2. The van der Waals surface area contributed by atoms with Crippen molar-refractivity contribution in [1.29, 1.82) is 0 Å². The van der Waals surface area contributed by atoms with Crippen LogP contribution < -0.4 is 16.4 Å². The molecule has 0 aliphatic carbocycles. The van der Waals surface area contributed by atoms with Crippen molar-refractivity contribution >= 4 is 29.3 Å². The zero-order valence-electron chi connectivity index (χ0n) is 21.6. The SMILES string of the molecule is COC(N)=C(C=NCCCCCNC(=O)OC(C)(C)C)Nc1nc(F)nc2c1ncn2C(C)(C)C. The van der Waals surface area contributed by atoms with Crippen molar-refractivity contribution in [3.05, 3.63) is 24.0 Å². The molecule has 0 saturated heterocycles. The molecular weight excluding hydrogens is 455 g/mol. The number of alkyl carbamates (subject to hydrolysis) is 1. The molecule has 35 heavy (non-hydrogen) atoms. The van der Waals surface area contributed by atoms with Crippen LogP contribution in [0.25, 0.3) is 11.2 Å². The number of amides is 1. The number of unbranched alkanes of at least 4 members (excludes halogenated alkanes) is 2. The third-order valence-electron chi connectivity index (χ3n) is 4.68. The zero-order valence-corrected chi connectivity index (χ0v) is 21.6. The summed E-state index contributed by atoms with van der Waals surface area (Å²) in [5, 5.41) is 5.70. The van der Waals surface area contributed by atoms with E-state index in [0.29, 0.717) is 30.0 Å². The number of nitrogens with zero attached hydrogens (tertiary/aromatic N) is 5. The number of methoxy groups -OCH3 is 1. The summed E-state index contributed by atoms with van der Waals surface area (Å²) in [6.07, 6.45) is 4.26. The predicted octanol–water partition coefficient (Wildman–Crippen LogP) is 3.67. The van der Waals surface area contributed by atoms with Crippen molar-refractivity contribution in [2.45, 2.75) is 71.9 Å². The molecule has 0 atom stereocenters. The molecule has 0 aliphatic heterocycles. The Morgan fingerprint density at radius 2 is 1.91 bits per heavy atom. The highest BCUT2D eigenvalue weighted by Crippen LogP contribution is 2.25. The minimum Gasteiger partial charge on any atom is -0.481 e. The van der Waals surface area contributed by atoms with Crippen LogP contribution in [0, 0.1) is 6.08 Å². The lowest BCUT2D eigenvalue weighted by atomic mass is 10.1. The van der Waals surface area contributed by atoms with E-state index in [0.717, 1.165) is 19.3 Å². The molecule has 0 aromatic carbocycles. The van der Waals surface area contributed by atoms with Gasteiger partial charge in [-0.1, -0.05) is 0 Å². The summed E-state index contributed by atoms with van der Waals surface area (Å²) in [6.45, 7) is 12.4. The standard InChI is InChI=1S/C23H37FN8O3/c1-22(2,3)32-14-28-16-18(30-20(24)31-19(16)32)29-15(17(25)34-7)13-26-11-9-8-10-12-27-21(33)35-23(4,5)6/h13-14H,8-12,25H2,1-7H3,(H,27,33)(H,29,30,31). The number of imidazole rings is 1. The number of carbonyl (C=O) groups is 1. The molecule has 4 N–H and O–H groups in total. The lowest BCUT2D eigenvalue weighted by Gasteiger charge is -2.20. The van der Waals surface area contributed by atoms with Gasteiger partial charge in [0.15, 0.2) is 17.0 Å². The van der Waals surface area contributed by atoms with Crippen LogP contribution in [0.15, 0.2) is 22.9 Å². The Morgan fingerprint density at radius 3 is 2.54 bits per heavy atom. The van der Waals surface area contributed by atoms with Gasteiger partial charge < -0.3 is 30.4 Å². The first-order valence-electron chi connectivity index (χ1n) is 11.5. The van der Waals surface area contributed by atoms with Crippen molar-refractivity contribution in [2.24, 2.45) is 10.7 Å². The van der Waals surface area contributed by atoms with Gasteiger partial charge in [0.25, 0.3) is 0 Å². The average Bonchev–Trinajstić information content (AvgIpc) is 3.17. The highest BCUT2D eigenvalue weighted by molar-refractivity contribution is 5.89. The number of carbonyl (C=O) groups excluding carboxylic acids is 1. The molecule has 0 bridgehead atoms. The first kappa shape index (κ1) is 27.8. The number of hydrogen-bond acceptors (Lipinski definition) is 9. The van der Waals surface area contributed by atoms with Gasteiger partial charge in [-0.25, -0.2) is 9.78 Å². The first-order chi connectivity index (χ1) is 16.3. The number of rotatable bonds is 10. The van der Waals surface area contributed by atoms with E-state index < -0.39 is 17.8 Å². The predicted molar refractivity (Wildman–Crippen MR) is 134 cm³/mol. The molecule has 194 valence electrons. The van der Waals surface area contributed by atoms with Gasteiger partial charge in [0.1, 0.15) is 11.3 Å². The number of nitrogens with two attached hydrogens (primary N) is 1. The van der Waals surface area contributed by atoms with E-state index in [-0.39, 0.29) is 17.2 Å². The Morgan fingerprint density at radius 1 is 1.20 bits per heavy atom. The Kier molecular flexibility index (Phi) is 9.38. The molecule has 0 saturated carbocycles. The summed E-state index contributed by atoms with van der Waals surface area (Å²) in [5.74, 6) is 0.225. The summed E-state index contributed by atoms with van der Waals surface area (Å²) in [7, 11) is 1.42. The molecule has 2 heterocycles. The normalized spacial score (nSPS) is 13.1. The van der Waals surface area contributed by atoms with Crippen LogP contribution in [0.5, 0.6) is 0 Å². The Balaban J connectivity index is 1.97. The van der Waals surface area contributed by atoms with Crippen LogP contribution in [-0.2, 0) is 15.0 Å². The molecular formula is C23H37FN8O3. The van der Waals surface area contributed by atoms with Crippen molar-refractivity contribution < 1.29 is 18.7 Å². The quantitative estimate of drug-likeness (QED) is 0.197. The fourth-order valence-corrected chi connectivity index (χ4v) is 3.01. The maximum atomic E-state index is 14.2. The first-order valence-corrected chi connectivity index (χ1v) is 11.5. The van der Waals surface area contributed by atoms with E-state index in [4.69, 9.17) is 15.2 Å². The Hall–Kier alpha value is -3.44. The van der Waals surface area contributed by atoms with E-state index in [1.807, 2.05) is 41.5 Å². The summed E-state index contributed by atoms with van der Waals surface area (Å²) >= 11 is 0. The molecule has 2 aromatic rings. The van der Waals surface area contributed by atoms with Gasteiger partial charge in [-0.05, 0) is 60.8 Å². The topological polar surface area (TPSA) is 142 Å². The summed E-state index contributed by atoms with van der Waals surface area (Å²) in [6, 6.07) is 0. The molecule has 12 heteroatoms. The second-order valence-corrected chi connectivity index (χ2v) is 9.93. The largest absolute Gasteiger partial charge is 0.481 e. The van der Waals surface area contributed by atoms with E-state index >= 15 is 0 Å². The number of ether oxygens (including phenoxy) is 2. The third-order valence-corrected chi connectivity index (χ3v) is 4.68. The van der Waals surface area contributed by atoms with Gasteiger partial charge >= 0.3 is 12.2 Å². The number of halogens is 1. The van der Waals surface area contributed by atoms with Gasteiger partial charge in [-0.3, -0.25) is 4.99 Å². The smallest absolute Gasteiger partial charge is 0.407 e. The van der Waals surface area contributed by atoms with Gasteiger partial charge in [0.2, 0.25) is 5.88 Å². The Labute approximate surface area is 205 Å². The van der Waals surface area contributed by atoms with Crippen molar-refractivity contribution in [2.75, 3.05) is 25.5 Å². The second kappa shape index (κ2) is 11.8. The highest BCUT2D eigenvalue weighted by Gasteiger charge is 2.21. The molecule has 0 unspecified atom stereocenters. The van der Waals surface area contributed by atoms with Crippen molar-refractivity contribution in [3.63, 3.8) is 0 Å². The average molecular weight is 493 g/mol. The summed E-state index contributed by atoms with van der Waals surface area (Å²) < 4.78 is 26.3. The number of nitrogens with one attached hydrogen (secondary N) is 2. The number of allylic oxidation sites excluding steroid dienone is 1. The molecule has 0 fully saturated rings. The molecule has 0 aliphatic rings. The van der Waals surface area contributed by atoms with E-state index in [2.05, 4.69) is 30.6 Å². The monoisotopic (exact) mass is 492 g/mol. The van der Waals surface area contributed by atoms with Crippen LogP contribution in [0.4, 0.5) is 15.0 Å². The number of fused-ring (bicyclic) bond motifs is 1. The molecule has 0 radical (unpaired) electrons. The van der Waals surface area contributed by atoms with E-state index in [1.54, 1.807) is 10.9 Å². The van der Waals surface area contributed by atoms with Crippen molar-refractivity contribution in [1.82, 2.24) is 24.8 Å². The Bertz CT molecular complexity index is 1070. The molecule has 2 aromatic heterocycles. The summed E-state index contributed by atoms with van der Waals surface area (Å²) in [4.78, 5) is 28.1. The van der Waals surface area contributed by atoms with Crippen LogP contribution in [-0.4, -0.2) is 57.6 Å². The lowest BCUT2D eigenvalue weighted by molar-refractivity contribution is 0.0527. The minimum atomic E-state index is -0.890. The second-order valence-electron chi connectivity index (χ2n) is 9.93. The van der Waals surface area contributed by atoms with Gasteiger partial charge in [0.05, 0.1) is 19.7 Å². The van der Waals surface area contributed by atoms with Crippen LogP contribution in [0.2, 0.25) is 0 Å². The lowest BCUT2D eigenvalue weighted by Crippen LogP contribution is -2.32. The van der Waals surface area contributed by atoms with Gasteiger partial charge in [-0.2, -0.15) is 14.4 Å². The van der Waals surface area contributed by atoms with Crippen LogP contribution in [0.3, 0.4) is 0 Å². The van der Waals surface area contributed by atoms with Crippen LogP contribution in [0.1, 0.15) is 60.8 Å². The van der Waals surface area contributed by atoms with Crippen LogP contribution >= 0.6 is 0 Å². The van der Waals surface area contributed by atoms with E-state index in [9.17, 15) is 9.18 Å². The third kappa shape index (κ3) is 8.69. The maximum Gasteiger partial charge on any atom is 0.407 e. The number of aromatic nitrogens is 4. The molecule has 0 spiro atoms. The minimum absolute atomic E-state index is 0.0673. The fraction of sp³-hybridized carbons (Fsp3) is 0.609. The highest BCUT2D eigenvalue weighted by atomic mass is 19.1. The number of hydrogen-bond donors (Lipinski definition) is 3. The molecule has 1 amide bonds. The zero-order chi connectivity index (χ0) is 26.2. The van der Waals surface area contributed by atoms with Gasteiger partial charge in [-0.15, -0.1) is 0 Å².